The molecule has 0 aliphatic carbocycles. The van der Waals surface area contributed by atoms with E-state index in [2.05, 4.69) is 10.3 Å². The lowest BCUT2D eigenvalue weighted by Crippen LogP contribution is -2.43. The molecule has 110 valence electrons. The lowest BCUT2D eigenvalue weighted by molar-refractivity contribution is 0.0244. The summed E-state index contributed by atoms with van der Waals surface area (Å²) in [5.74, 6) is 0.592. The van der Waals surface area contributed by atoms with Crippen molar-refractivity contribution in [1.29, 1.82) is 0 Å². The number of carbonyl (C=O) groups is 1. The number of hydrogen-bond acceptors (Lipinski definition) is 4. The molecule has 1 N–H and O–H groups in total. The zero-order valence-electron chi connectivity index (χ0n) is 12.0. The Balaban J connectivity index is 2.04. The summed E-state index contributed by atoms with van der Waals surface area (Å²) < 4.78 is 5.41. The molecule has 1 aromatic heterocycles. The molecule has 6 heteroatoms. The number of ether oxygens (including phenoxy) is 1. The predicted octanol–water partition coefficient (Wildman–Crippen LogP) is 3.50. The van der Waals surface area contributed by atoms with Gasteiger partial charge in [0.1, 0.15) is 17.6 Å². The number of carbonyl (C=O) groups excluding carboxylic acids is 1. The quantitative estimate of drug-likeness (QED) is 0.907. The Bertz CT molecular complexity index is 488. The molecule has 1 saturated heterocycles. The number of nitrogens with zero attached hydrogens (tertiary/aromatic N) is 2. The van der Waals surface area contributed by atoms with E-state index in [-0.39, 0.29) is 12.3 Å². The van der Waals surface area contributed by atoms with Crippen molar-refractivity contribution in [3.63, 3.8) is 0 Å². The first-order valence-corrected chi connectivity index (χ1v) is 7.11. The average molecular weight is 298 g/mol. The molecule has 1 amide bonds. The summed E-state index contributed by atoms with van der Waals surface area (Å²) in [7, 11) is 0. The van der Waals surface area contributed by atoms with Crippen LogP contribution < -0.4 is 5.32 Å². The van der Waals surface area contributed by atoms with Crippen LogP contribution in [-0.2, 0) is 4.74 Å². The summed E-state index contributed by atoms with van der Waals surface area (Å²) >= 11 is 6.08. The highest BCUT2D eigenvalue weighted by Crippen LogP contribution is 2.25. The van der Waals surface area contributed by atoms with Crippen LogP contribution >= 0.6 is 11.6 Å². The molecule has 0 bridgehead atoms. The molecular formula is C14H20ClN3O2. The zero-order valence-corrected chi connectivity index (χ0v) is 12.8. The monoisotopic (exact) mass is 297 g/mol. The van der Waals surface area contributed by atoms with E-state index in [0.717, 1.165) is 12.8 Å². The molecule has 0 radical (unpaired) electrons. The van der Waals surface area contributed by atoms with Gasteiger partial charge in [0.25, 0.3) is 0 Å². The van der Waals surface area contributed by atoms with Crippen molar-refractivity contribution in [2.24, 2.45) is 0 Å². The van der Waals surface area contributed by atoms with Gasteiger partial charge in [-0.25, -0.2) is 9.78 Å². The number of aromatic nitrogens is 1. The van der Waals surface area contributed by atoms with Crippen LogP contribution in [0.15, 0.2) is 18.3 Å². The fourth-order valence-corrected chi connectivity index (χ4v) is 2.28. The first kappa shape index (κ1) is 14.9. The molecule has 5 nitrogen and oxygen atoms in total. The van der Waals surface area contributed by atoms with E-state index in [1.54, 1.807) is 23.2 Å². The van der Waals surface area contributed by atoms with Crippen LogP contribution in [0.25, 0.3) is 0 Å². The number of hydrogen-bond donors (Lipinski definition) is 1. The van der Waals surface area contributed by atoms with Crippen LogP contribution in [0, 0.1) is 0 Å². The largest absolute Gasteiger partial charge is 0.444 e. The lowest BCUT2D eigenvalue weighted by Gasteiger charge is -2.29. The highest BCUT2D eigenvalue weighted by atomic mass is 35.5. The number of nitrogens with one attached hydrogen (secondary N) is 1. The molecule has 1 aliphatic heterocycles. The van der Waals surface area contributed by atoms with Crippen LogP contribution in [0.4, 0.5) is 10.6 Å². The van der Waals surface area contributed by atoms with Crippen molar-refractivity contribution in [2.75, 3.05) is 11.9 Å². The van der Waals surface area contributed by atoms with Crippen molar-refractivity contribution in [3.8, 4) is 0 Å². The Hall–Kier alpha value is -1.49. The third-order valence-corrected chi connectivity index (χ3v) is 3.25. The van der Waals surface area contributed by atoms with Crippen molar-refractivity contribution in [1.82, 2.24) is 9.88 Å². The van der Waals surface area contributed by atoms with Crippen LogP contribution in [0.3, 0.4) is 0 Å². The van der Waals surface area contributed by atoms with Crippen molar-refractivity contribution in [2.45, 2.75) is 45.4 Å². The molecule has 2 rings (SSSR count). The van der Waals surface area contributed by atoms with Crippen molar-refractivity contribution >= 4 is 23.5 Å². The number of anilines is 1. The van der Waals surface area contributed by atoms with Gasteiger partial charge in [-0.2, -0.15) is 0 Å². The highest BCUT2D eigenvalue weighted by molar-refractivity contribution is 6.32. The minimum atomic E-state index is -0.493. The molecule has 1 fully saturated rings. The molecule has 0 aromatic carbocycles. The van der Waals surface area contributed by atoms with E-state index in [1.807, 2.05) is 20.8 Å². The molecule has 0 spiro atoms. The first-order valence-electron chi connectivity index (χ1n) is 6.73. The Kier molecular flexibility index (Phi) is 4.38. The van der Waals surface area contributed by atoms with Crippen LogP contribution in [0.5, 0.6) is 0 Å². The smallest absolute Gasteiger partial charge is 0.411 e. The topological polar surface area (TPSA) is 54.5 Å². The molecule has 1 aromatic rings. The molecule has 1 atom stereocenters. The molecule has 20 heavy (non-hydrogen) atoms. The van der Waals surface area contributed by atoms with E-state index >= 15 is 0 Å². The number of rotatable bonds is 2. The van der Waals surface area contributed by atoms with Gasteiger partial charge in [-0.05, 0) is 45.7 Å². The molecule has 0 saturated carbocycles. The summed E-state index contributed by atoms with van der Waals surface area (Å²) in [6, 6.07) is 3.54. The second kappa shape index (κ2) is 5.87. The summed E-state index contributed by atoms with van der Waals surface area (Å²) in [6.07, 6.45) is 3.02. The molecule has 1 unspecified atom stereocenters. The summed E-state index contributed by atoms with van der Waals surface area (Å²) in [4.78, 5) is 18.0. The van der Waals surface area contributed by atoms with Gasteiger partial charge in [-0.3, -0.25) is 4.90 Å². The Morgan fingerprint density at radius 1 is 1.55 bits per heavy atom. The van der Waals surface area contributed by atoms with Crippen LogP contribution in [0.1, 0.15) is 33.6 Å². The lowest BCUT2D eigenvalue weighted by atomic mass is 10.2. The third kappa shape index (κ3) is 3.76. The Morgan fingerprint density at radius 3 is 2.95 bits per heavy atom. The number of likely N-dealkylation sites (tertiary alicyclic amines) is 1. The maximum atomic E-state index is 12.2. The van der Waals surface area contributed by atoms with E-state index < -0.39 is 5.60 Å². The zero-order chi connectivity index (χ0) is 14.8. The van der Waals surface area contributed by atoms with Crippen LogP contribution in [-0.4, -0.2) is 34.3 Å². The molecule has 2 heterocycles. The van der Waals surface area contributed by atoms with E-state index in [1.165, 1.54) is 0 Å². The van der Waals surface area contributed by atoms with Gasteiger partial charge in [0.15, 0.2) is 0 Å². The van der Waals surface area contributed by atoms with Gasteiger partial charge in [0.2, 0.25) is 0 Å². The predicted molar refractivity (Wildman–Crippen MR) is 78.8 cm³/mol. The van der Waals surface area contributed by atoms with Gasteiger partial charge < -0.3 is 10.1 Å². The summed E-state index contributed by atoms with van der Waals surface area (Å²) in [5.41, 5.74) is -0.493. The standard InChI is InChI=1S/C14H20ClN3O2/c1-14(2,3)20-13(19)18-9-5-7-11(18)17-12-10(15)6-4-8-16-12/h4,6,8,11H,5,7,9H2,1-3H3,(H,16,17). The second-order valence-corrected chi connectivity index (χ2v) is 6.22. The normalized spacial score (nSPS) is 19.0. The number of halogens is 1. The second-order valence-electron chi connectivity index (χ2n) is 5.81. The maximum Gasteiger partial charge on any atom is 0.411 e. The van der Waals surface area contributed by atoms with E-state index in [9.17, 15) is 4.79 Å². The van der Waals surface area contributed by atoms with Gasteiger partial charge in [0.05, 0.1) is 5.02 Å². The highest BCUT2D eigenvalue weighted by Gasteiger charge is 2.32. The Morgan fingerprint density at radius 2 is 2.30 bits per heavy atom. The minimum absolute atomic E-state index is 0.128. The molecular weight excluding hydrogens is 278 g/mol. The summed E-state index contributed by atoms with van der Waals surface area (Å²) in [5, 5.41) is 3.75. The van der Waals surface area contributed by atoms with E-state index in [4.69, 9.17) is 16.3 Å². The van der Waals surface area contributed by atoms with Gasteiger partial charge in [0, 0.05) is 12.7 Å². The SMILES string of the molecule is CC(C)(C)OC(=O)N1CCCC1Nc1ncccc1Cl. The van der Waals surface area contributed by atoms with Crippen molar-refractivity contribution < 1.29 is 9.53 Å². The number of pyridine rings is 1. The maximum absolute atomic E-state index is 12.2. The first-order chi connectivity index (χ1) is 9.37. The third-order valence-electron chi connectivity index (χ3n) is 2.94. The fourth-order valence-electron chi connectivity index (χ4n) is 2.11. The average Bonchev–Trinajstić information content (AvgIpc) is 2.78. The van der Waals surface area contributed by atoms with Crippen LogP contribution in [0.2, 0.25) is 5.02 Å². The Labute approximate surface area is 124 Å². The molecule has 1 aliphatic rings. The summed E-state index contributed by atoms with van der Waals surface area (Å²) in [6.45, 7) is 6.26. The van der Waals surface area contributed by atoms with E-state index in [0.29, 0.717) is 17.4 Å². The van der Waals surface area contributed by atoms with Gasteiger partial charge in [-0.15, -0.1) is 0 Å². The number of amides is 1. The van der Waals surface area contributed by atoms with Gasteiger partial charge >= 0.3 is 6.09 Å². The fraction of sp³-hybridized carbons (Fsp3) is 0.571. The van der Waals surface area contributed by atoms with Crippen molar-refractivity contribution in [3.05, 3.63) is 23.4 Å². The van der Waals surface area contributed by atoms with Gasteiger partial charge in [-0.1, -0.05) is 11.6 Å². The minimum Gasteiger partial charge on any atom is -0.444 e.